The van der Waals surface area contributed by atoms with Crippen molar-refractivity contribution in [2.45, 2.75) is 65.1 Å². The number of alkyl halides is 3. The number of nitrogens with zero attached hydrogens (tertiary/aromatic N) is 2. The van der Waals surface area contributed by atoms with Crippen molar-refractivity contribution in [3.8, 4) is 5.88 Å². The van der Waals surface area contributed by atoms with E-state index in [4.69, 9.17) is 0 Å². The first kappa shape index (κ1) is 34.2. The van der Waals surface area contributed by atoms with Crippen molar-refractivity contribution < 1.29 is 31.9 Å². The molecule has 3 aromatic rings. The van der Waals surface area contributed by atoms with Gasteiger partial charge in [0, 0.05) is 25.2 Å². The van der Waals surface area contributed by atoms with E-state index >= 15 is 0 Å². The summed E-state index contributed by atoms with van der Waals surface area (Å²) in [4.78, 5) is 29.9. The molecule has 42 heavy (non-hydrogen) atoms. The van der Waals surface area contributed by atoms with Gasteiger partial charge in [-0.3, -0.25) is 4.79 Å². The van der Waals surface area contributed by atoms with Crippen LogP contribution in [0, 0.1) is 18.7 Å². The highest BCUT2D eigenvalue weighted by Gasteiger charge is 2.29. The molecule has 0 aliphatic heterocycles. The summed E-state index contributed by atoms with van der Waals surface area (Å²) in [6.45, 7) is 5.62. The van der Waals surface area contributed by atoms with Gasteiger partial charge in [0.1, 0.15) is 17.9 Å². The number of aldehydes is 1. The smallest absolute Gasteiger partial charge is 0.422 e. The molecule has 2 aromatic heterocycles. The van der Waals surface area contributed by atoms with E-state index < -0.39 is 12.8 Å². The molecule has 0 bridgehead atoms. The van der Waals surface area contributed by atoms with Crippen LogP contribution in [-0.2, 0) is 4.79 Å². The number of aryl methyl sites for hydroxylation is 1. The maximum absolute atomic E-state index is 12.5. The van der Waals surface area contributed by atoms with Gasteiger partial charge in [-0.2, -0.15) is 13.2 Å². The fraction of sp³-hybridized carbons (Fsp3) is 0.419. The summed E-state index contributed by atoms with van der Waals surface area (Å²) in [6, 6.07) is 12.8. The van der Waals surface area contributed by atoms with Crippen LogP contribution >= 0.6 is 0 Å². The summed E-state index contributed by atoms with van der Waals surface area (Å²) in [5.41, 5.74) is 2.70. The molecule has 1 aromatic carbocycles. The lowest BCUT2D eigenvalue weighted by Crippen LogP contribution is -2.27. The molecule has 0 radical (unpaired) electrons. The number of benzene rings is 1. The minimum absolute atomic E-state index is 0.131. The molecule has 1 amide bonds. The molecule has 2 N–H and O–H groups in total. The van der Waals surface area contributed by atoms with Crippen LogP contribution in [0.15, 0.2) is 54.7 Å². The second kappa shape index (κ2) is 16.4. The summed E-state index contributed by atoms with van der Waals surface area (Å²) < 4.78 is 53.6. The average Bonchev–Trinajstić information content (AvgIpc) is 2.92. The number of pyridine rings is 2. The molecule has 1 atom stereocenters. The Balaban J connectivity index is 0.000000313. The van der Waals surface area contributed by atoms with E-state index in [9.17, 15) is 27.2 Å². The van der Waals surface area contributed by atoms with Gasteiger partial charge in [0.2, 0.25) is 5.88 Å². The van der Waals surface area contributed by atoms with Crippen LogP contribution in [0.5, 0.6) is 5.88 Å². The van der Waals surface area contributed by atoms with Crippen LogP contribution in [0.3, 0.4) is 0 Å². The first-order valence-corrected chi connectivity index (χ1v) is 13.7. The Morgan fingerprint density at radius 1 is 1.10 bits per heavy atom. The molecular formula is C31H38F4N4O3. The topological polar surface area (TPSA) is 93.2 Å². The Labute approximate surface area is 244 Å². The molecule has 11 heteroatoms. The van der Waals surface area contributed by atoms with Crippen molar-refractivity contribution in [2.75, 3.05) is 19.0 Å². The van der Waals surface area contributed by atoms with E-state index in [1.807, 2.05) is 39.0 Å². The zero-order valence-electron chi connectivity index (χ0n) is 24.5. The fourth-order valence-corrected chi connectivity index (χ4v) is 3.70. The molecule has 1 aliphatic rings. The lowest BCUT2D eigenvalue weighted by molar-refractivity contribution is -0.154. The Kier molecular flexibility index (Phi) is 13.4. The molecule has 4 rings (SSSR count). The van der Waals surface area contributed by atoms with Crippen LogP contribution in [-0.4, -0.2) is 42.0 Å². The number of rotatable bonds is 8. The van der Waals surface area contributed by atoms with Crippen molar-refractivity contribution in [1.82, 2.24) is 15.3 Å². The number of carbonyl (C=O) groups excluding carboxylic acids is 2. The van der Waals surface area contributed by atoms with Crippen LogP contribution in [0.2, 0.25) is 0 Å². The standard InChI is InChI=1S/C17H19F3N4O2.C10H11F.C4H8O/c1-10(12-6-7-22-14(8-12)21-3)24-16(25)13-4-5-15(23-11(13)2)26-9-17(18,19)20;11-10-6-4-9(5-7-10)8-2-1-3-8;1-4(2)3-5/h4-8,10H,9H2,1-3H3,(H,21,22)(H,24,25);4-8H,1-3H2;3-4H,1-2H3. The van der Waals surface area contributed by atoms with Gasteiger partial charge >= 0.3 is 6.18 Å². The van der Waals surface area contributed by atoms with Crippen LogP contribution in [0.25, 0.3) is 0 Å². The highest BCUT2D eigenvalue weighted by Crippen LogP contribution is 2.36. The van der Waals surface area contributed by atoms with Crippen molar-refractivity contribution in [3.63, 3.8) is 0 Å². The van der Waals surface area contributed by atoms with Crippen molar-refractivity contribution in [1.29, 1.82) is 0 Å². The van der Waals surface area contributed by atoms with Gasteiger partial charge in [0.05, 0.1) is 17.3 Å². The molecule has 2 heterocycles. The zero-order valence-corrected chi connectivity index (χ0v) is 24.5. The Morgan fingerprint density at radius 3 is 2.24 bits per heavy atom. The molecule has 1 saturated carbocycles. The zero-order chi connectivity index (χ0) is 31.3. The second-order valence-electron chi connectivity index (χ2n) is 10.2. The number of nitrogens with one attached hydrogen (secondary N) is 2. The van der Waals surface area contributed by atoms with Gasteiger partial charge in [0.15, 0.2) is 6.61 Å². The number of halogens is 4. The summed E-state index contributed by atoms with van der Waals surface area (Å²) in [5.74, 6) is 0.899. The Bertz CT molecular complexity index is 1280. The lowest BCUT2D eigenvalue weighted by atomic mass is 9.80. The number of hydrogen-bond donors (Lipinski definition) is 2. The molecular weight excluding hydrogens is 552 g/mol. The van der Waals surface area contributed by atoms with Crippen LogP contribution in [0.1, 0.15) is 79.2 Å². The maximum atomic E-state index is 12.5. The third-order valence-corrected chi connectivity index (χ3v) is 6.30. The highest BCUT2D eigenvalue weighted by molar-refractivity contribution is 5.95. The number of carbonyl (C=O) groups is 2. The van der Waals surface area contributed by atoms with E-state index in [1.54, 1.807) is 31.4 Å². The Hall–Kier alpha value is -4.02. The monoisotopic (exact) mass is 590 g/mol. The van der Waals surface area contributed by atoms with E-state index in [0.29, 0.717) is 5.82 Å². The van der Waals surface area contributed by atoms with Crippen molar-refractivity contribution in [3.05, 3.63) is 82.9 Å². The largest absolute Gasteiger partial charge is 0.468 e. The third kappa shape index (κ3) is 11.8. The Morgan fingerprint density at radius 2 is 1.74 bits per heavy atom. The molecule has 7 nitrogen and oxygen atoms in total. The van der Waals surface area contributed by atoms with Gasteiger partial charge in [-0.05, 0) is 74.1 Å². The molecule has 1 fully saturated rings. The number of ether oxygens (including phenoxy) is 1. The molecule has 228 valence electrons. The molecule has 1 aliphatic carbocycles. The van der Waals surface area contributed by atoms with E-state index in [0.717, 1.165) is 17.8 Å². The van der Waals surface area contributed by atoms with Crippen molar-refractivity contribution in [2.24, 2.45) is 5.92 Å². The normalized spacial score (nSPS) is 13.4. The third-order valence-electron chi connectivity index (χ3n) is 6.30. The lowest BCUT2D eigenvalue weighted by Gasteiger charge is -2.25. The van der Waals surface area contributed by atoms with Crippen LogP contribution in [0.4, 0.5) is 23.4 Å². The van der Waals surface area contributed by atoms with Gasteiger partial charge in [-0.1, -0.05) is 32.4 Å². The number of anilines is 1. The maximum Gasteiger partial charge on any atom is 0.422 e. The average molecular weight is 591 g/mol. The first-order chi connectivity index (χ1) is 19.8. The van der Waals surface area contributed by atoms with Gasteiger partial charge in [-0.25, -0.2) is 14.4 Å². The quantitative estimate of drug-likeness (QED) is 0.213. The SMILES string of the molecule is CC(C)C=O.CNc1cc(C(C)NC(=O)c2ccc(OCC(F)(F)F)nc2C)ccn1.Fc1ccc(C2CCC2)cc1. The summed E-state index contributed by atoms with van der Waals surface area (Å²) >= 11 is 0. The highest BCUT2D eigenvalue weighted by atomic mass is 19.4. The number of amides is 1. The first-order valence-electron chi connectivity index (χ1n) is 13.7. The molecule has 0 spiro atoms. The number of aromatic nitrogens is 2. The van der Waals surface area contributed by atoms with Gasteiger partial charge in [0.25, 0.3) is 5.91 Å². The van der Waals surface area contributed by atoms with Crippen LogP contribution < -0.4 is 15.4 Å². The van der Waals surface area contributed by atoms with E-state index in [1.165, 1.54) is 43.9 Å². The predicted octanol–water partition coefficient (Wildman–Crippen LogP) is 7.19. The molecule has 0 saturated heterocycles. The van der Waals surface area contributed by atoms with Gasteiger partial charge < -0.3 is 20.2 Å². The fourth-order valence-electron chi connectivity index (χ4n) is 3.70. The van der Waals surface area contributed by atoms with E-state index in [-0.39, 0.29) is 40.8 Å². The molecule has 1 unspecified atom stereocenters. The second-order valence-corrected chi connectivity index (χ2v) is 10.2. The summed E-state index contributed by atoms with van der Waals surface area (Å²) in [5, 5.41) is 5.74. The van der Waals surface area contributed by atoms with Gasteiger partial charge in [-0.15, -0.1) is 0 Å². The predicted molar refractivity (Wildman–Crippen MR) is 154 cm³/mol. The minimum atomic E-state index is -4.45. The number of hydrogen-bond acceptors (Lipinski definition) is 6. The minimum Gasteiger partial charge on any atom is -0.468 e. The van der Waals surface area contributed by atoms with E-state index in [2.05, 4.69) is 25.3 Å². The van der Waals surface area contributed by atoms with Crippen molar-refractivity contribution >= 4 is 18.0 Å². The summed E-state index contributed by atoms with van der Waals surface area (Å²) in [7, 11) is 1.74. The summed E-state index contributed by atoms with van der Waals surface area (Å²) in [6.07, 6.45) is 2.00.